The van der Waals surface area contributed by atoms with Crippen LogP contribution in [0.4, 0.5) is 17.2 Å². The first kappa shape index (κ1) is 25.4. The Hall–Kier alpha value is -4.20. The average molecular weight is 514 g/mol. The molecular formula is C28H31N7O3. The lowest BCUT2D eigenvalue weighted by atomic mass is 10.1. The van der Waals surface area contributed by atoms with Crippen LogP contribution < -0.4 is 15.0 Å². The van der Waals surface area contributed by atoms with Crippen LogP contribution in [0.3, 0.4) is 0 Å². The number of aliphatic hydroxyl groups is 1. The Balaban J connectivity index is 1.25. The summed E-state index contributed by atoms with van der Waals surface area (Å²) in [5.74, 6) is 1.28. The number of anilines is 3. The predicted molar refractivity (Wildman–Crippen MR) is 144 cm³/mol. The minimum absolute atomic E-state index is 0.227. The number of rotatable bonds is 7. The maximum absolute atomic E-state index is 11.7. The van der Waals surface area contributed by atoms with Gasteiger partial charge in [0.05, 0.1) is 12.1 Å². The number of aliphatic hydroxyl groups excluding tert-OH is 1. The van der Waals surface area contributed by atoms with Crippen LogP contribution in [0.25, 0.3) is 11.4 Å². The number of carbonyl (C=O) groups excluding carboxylic acids is 1. The van der Waals surface area contributed by atoms with Crippen molar-refractivity contribution in [3.8, 4) is 23.2 Å². The topological polar surface area (TPSA) is 118 Å². The number of amides is 1. The molecule has 2 aliphatic heterocycles. The van der Waals surface area contributed by atoms with Crippen molar-refractivity contribution >= 4 is 23.1 Å². The van der Waals surface area contributed by atoms with Crippen molar-refractivity contribution in [2.45, 2.75) is 12.5 Å². The highest BCUT2D eigenvalue weighted by Crippen LogP contribution is 2.28. The molecular weight excluding hydrogens is 482 g/mol. The van der Waals surface area contributed by atoms with Gasteiger partial charge in [-0.25, -0.2) is 9.97 Å². The van der Waals surface area contributed by atoms with Crippen molar-refractivity contribution in [1.82, 2.24) is 19.8 Å². The molecule has 3 aromatic rings. The predicted octanol–water partition coefficient (Wildman–Crippen LogP) is 2.48. The van der Waals surface area contributed by atoms with E-state index in [1.54, 1.807) is 29.3 Å². The SMILES string of the molecule is CN1CCN(c2ccc(Nc3ccnc(-c4ccc(O[C@@H]5CCN(C(=O)CO)C5)c(C#N)c4)n3)cc2)CC1. The molecule has 38 heavy (non-hydrogen) atoms. The molecule has 2 N–H and O–H groups in total. The maximum Gasteiger partial charge on any atom is 0.248 e. The van der Waals surface area contributed by atoms with Gasteiger partial charge >= 0.3 is 0 Å². The van der Waals surface area contributed by atoms with Gasteiger partial charge in [0, 0.05) is 62.3 Å². The lowest BCUT2D eigenvalue weighted by Gasteiger charge is -2.34. The number of ether oxygens (including phenoxy) is 1. The van der Waals surface area contributed by atoms with Crippen molar-refractivity contribution in [1.29, 1.82) is 5.26 Å². The highest BCUT2D eigenvalue weighted by Gasteiger charge is 2.27. The molecule has 0 bridgehead atoms. The Labute approximate surface area is 222 Å². The van der Waals surface area contributed by atoms with Gasteiger partial charge < -0.3 is 29.9 Å². The lowest BCUT2D eigenvalue weighted by molar-refractivity contribution is -0.133. The van der Waals surface area contributed by atoms with E-state index < -0.39 is 6.61 Å². The third kappa shape index (κ3) is 5.85. The summed E-state index contributed by atoms with van der Waals surface area (Å²) >= 11 is 0. The number of carbonyl (C=O) groups is 1. The Morgan fingerprint density at radius 3 is 2.66 bits per heavy atom. The Morgan fingerprint density at radius 1 is 1.13 bits per heavy atom. The van der Waals surface area contributed by atoms with Gasteiger partial charge in [0.15, 0.2) is 5.82 Å². The molecule has 0 unspecified atom stereocenters. The van der Waals surface area contributed by atoms with Crippen LogP contribution in [0.15, 0.2) is 54.7 Å². The number of nitriles is 1. The number of hydrogen-bond acceptors (Lipinski definition) is 9. The molecule has 0 radical (unpaired) electrons. The largest absolute Gasteiger partial charge is 0.487 e. The van der Waals surface area contributed by atoms with Gasteiger partial charge in [-0.2, -0.15) is 5.26 Å². The van der Waals surface area contributed by atoms with E-state index in [9.17, 15) is 10.1 Å². The molecule has 1 aromatic heterocycles. The van der Waals surface area contributed by atoms with Crippen molar-refractivity contribution in [3.63, 3.8) is 0 Å². The second-order valence-corrected chi connectivity index (χ2v) is 9.58. The zero-order chi connectivity index (χ0) is 26.5. The van der Waals surface area contributed by atoms with Crippen LogP contribution in [0.2, 0.25) is 0 Å². The fraction of sp³-hybridized carbons (Fsp3) is 0.357. The molecule has 1 atom stereocenters. The van der Waals surface area contributed by atoms with E-state index in [1.165, 1.54) is 5.69 Å². The van der Waals surface area contributed by atoms with Crippen LogP contribution in [0, 0.1) is 11.3 Å². The quantitative estimate of drug-likeness (QED) is 0.491. The maximum atomic E-state index is 11.7. The number of benzene rings is 2. The summed E-state index contributed by atoms with van der Waals surface area (Å²) in [5, 5.41) is 22.1. The summed E-state index contributed by atoms with van der Waals surface area (Å²) in [7, 11) is 2.15. The highest BCUT2D eigenvalue weighted by molar-refractivity contribution is 5.77. The number of nitrogens with zero attached hydrogens (tertiary/aromatic N) is 6. The number of hydrogen-bond donors (Lipinski definition) is 2. The summed E-state index contributed by atoms with van der Waals surface area (Å²) in [5.41, 5.74) is 3.21. The van der Waals surface area contributed by atoms with E-state index in [4.69, 9.17) is 9.84 Å². The van der Waals surface area contributed by atoms with E-state index in [0.29, 0.717) is 48.0 Å². The molecule has 196 valence electrons. The molecule has 10 heteroatoms. The van der Waals surface area contributed by atoms with Crippen LogP contribution in [-0.4, -0.2) is 89.8 Å². The van der Waals surface area contributed by atoms with Crippen molar-refractivity contribution in [3.05, 3.63) is 60.3 Å². The van der Waals surface area contributed by atoms with Crippen molar-refractivity contribution in [2.24, 2.45) is 0 Å². The fourth-order valence-corrected chi connectivity index (χ4v) is 4.73. The summed E-state index contributed by atoms with van der Waals surface area (Å²) in [6, 6.07) is 17.6. The second-order valence-electron chi connectivity index (χ2n) is 9.58. The van der Waals surface area contributed by atoms with Gasteiger partial charge in [-0.1, -0.05) is 0 Å². The Morgan fingerprint density at radius 2 is 1.92 bits per heavy atom. The molecule has 5 rings (SSSR count). The standard InChI is InChI=1S/C28H31N7O3/c1-33-12-14-34(15-13-33)23-5-3-22(4-6-23)31-26-8-10-30-28(32-26)20-2-7-25(21(16-20)17-29)38-24-9-11-35(18-24)27(37)19-36/h2-8,10,16,24,36H,9,11-15,18-19H2,1H3,(H,30,31,32)/t24-/m1/s1. The monoisotopic (exact) mass is 513 g/mol. The van der Waals surface area contributed by atoms with Gasteiger partial charge in [0.1, 0.15) is 30.3 Å². The van der Waals surface area contributed by atoms with Crippen LogP contribution in [0.1, 0.15) is 12.0 Å². The first-order valence-corrected chi connectivity index (χ1v) is 12.8. The average Bonchev–Trinajstić information content (AvgIpc) is 3.42. The van der Waals surface area contributed by atoms with E-state index >= 15 is 0 Å². The zero-order valence-corrected chi connectivity index (χ0v) is 21.4. The summed E-state index contributed by atoms with van der Waals surface area (Å²) in [6.07, 6.45) is 2.10. The molecule has 2 fully saturated rings. The summed E-state index contributed by atoms with van der Waals surface area (Å²) in [6.45, 7) is 4.57. The van der Waals surface area contributed by atoms with Crippen molar-refractivity contribution < 1.29 is 14.6 Å². The van der Waals surface area contributed by atoms with Gasteiger partial charge in [-0.3, -0.25) is 4.79 Å². The third-order valence-corrected chi connectivity index (χ3v) is 6.95. The Bertz CT molecular complexity index is 1320. The van der Waals surface area contributed by atoms with Crippen LogP contribution in [0.5, 0.6) is 5.75 Å². The number of aromatic nitrogens is 2. The molecule has 10 nitrogen and oxygen atoms in total. The lowest BCUT2D eigenvalue weighted by Crippen LogP contribution is -2.44. The third-order valence-electron chi connectivity index (χ3n) is 6.95. The van der Waals surface area contributed by atoms with E-state index in [0.717, 1.165) is 31.9 Å². The molecule has 0 saturated carbocycles. The van der Waals surface area contributed by atoms with Gasteiger partial charge in [-0.15, -0.1) is 0 Å². The fourth-order valence-electron chi connectivity index (χ4n) is 4.73. The minimum atomic E-state index is -0.513. The molecule has 2 aromatic carbocycles. The molecule has 1 amide bonds. The summed E-state index contributed by atoms with van der Waals surface area (Å²) in [4.78, 5) is 27.1. The van der Waals surface area contributed by atoms with Crippen LogP contribution >= 0.6 is 0 Å². The normalized spacial score (nSPS) is 17.8. The van der Waals surface area contributed by atoms with Crippen molar-refractivity contribution in [2.75, 3.05) is 63.1 Å². The molecule has 2 saturated heterocycles. The van der Waals surface area contributed by atoms with Gasteiger partial charge in [0.25, 0.3) is 0 Å². The number of likely N-dealkylation sites (N-methyl/N-ethyl adjacent to an activating group) is 1. The zero-order valence-electron chi connectivity index (χ0n) is 21.4. The van der Waals surface area contributed by atoms with E-state index in [1.807, 2.05) is 18.2 Å². The van der Waals surface area contributed by atoms with E-state index in [-0.39, 0.29) is 12.0 Å². The number of nitrogens with one attached hydrogen (secondary N) is 1. The van der Waals surface area contributed by atoms with Gasteiger partial charge in [-0.05, 0) is 55.6 Å². The first-order chi connectivity index (χ1) is 18.5. The molecule has 2 aliphatic rings. The minimum Gasteiger partial charge on any atom is -0.487 e. The highest BCUT2D eigenvalue weighted by atomic mass is 16.5. The number of likely N-dealkylation sites (tertiary alicyclic amines) is 1. The number of piperazine rings is 1. The second kappa shape index (κ2) is 11.5. The summed E-state index contributed by atoms with van der Waals surface area (Å²) < 4.78 is 6.02. The van der Waals surface area contributed by atoms with Gasteiger partial charge in [0.2, 0.25) is 5.91 Å². The molecule has 0 aliphatic carbocycles. The smallest absolute Gasteiger partial charge is 0.248 e. The molecule has 0 spiro atoms. The Kier molecular flexibility index (Phi) is 7.67. The molecule has 3 heterocycles. The first-order valence-electron chi connectivity index (χ1n) is 12.8. The van der Waals surface area contributed by atoms with E-state index in [2.05, 4.69) is 50.3 Å². The van der Waals surface area contributed by atoms with Crippen LogP contribution in [-0.2, 0) is 4.79 Å².